The molecule has 2 amide bonds. The van der Waals surface area contributed by atoms with E-state index in [-0.39, 0.29) is 17.9 Å². The predicted octanol–water partition coefficient (Wildman–Crippen LogP) is 1.26. The van der Waals surface area contributed by atoms with Crippen molar-refractivity contribution in [2.45, 2.75) is 18.9 Å². The standard InChI is InChI=1S/C15H18N4O2/c1-18(2)15(21)13-4-3-7-19(13)14(20)10-5-6-11-9-16-17-12(11)8-10/h5-6,8-9,13H,3-4,7H2,1-2H3,(H,16,17). The third-order valence-electron chi connectivity index (χ3n) is 3.93. The average Bonchev–Trinajstić information content (AvgIpc) is 3.13. The first-order valence-electron chi connectivity index (χ1n) is 7.03. The summed E-state index contributed by atoms with van der Waals surface area (Å²) >= 11 is 0. The number of nitrogens with zero attached hydrogens (tertiary/aromatic N) is 3. The molecule has 6 heteroatoms. The summed E-state index contributed by atoms with van der Waals surface area (Å²) in [4.78, 5) is 28.1. The fraction of sp³-hybridized carbons (Fsp3) is 0.400. The number of carbonyl (C=O) groups excluding carboxylic acids is 2. The summed E-state index contributed by atoms with van der Waals surface area (Å²) in [7, 11) is 3.44. The molecule has 1 saturated heterocycles. The lowest BCUT2D eigenvalue weighted by Crippen LogP contribution is -2.45. The van der Waals surface area contributed by atoms with Crippen LogP contribution in [0.2, 0.25) is 0 Å². The molecule has 1 N–H and O–H groups in total. The minimum atomic E-state index is -0.343. The lowest BCUT2D eigenvalue weighted by molar-refractivity contribution is -0.132. The van der Waals surface area contributed by atoms with E-state index in [0.29, 0.717) is 12.1 Å². The molecule has 1 atom stereocenters. The molecule has 1 aliphatic rings. The van der Waals surface area contributed by atoms with Gasteiger partial charge in [0.25, 0.3) is 5.91 Å². The van der Waals surface area contributed by atoms with Crippen LogP contribution in [0.15, 0.2) is 24.4 Å². The van der Waals surface area contributed by atoms with Crippen LogP contribution in [0.4, 0.5) is 0 Å². The molecular weight excluding hydrogens is 268 g/mol. The van der Waals surface area contributed by atoms with Crippen LogP contribution in [-0.4, -0.2) is 58.5 Å². The molecule has 1 aromatic carbocycles. The van der Waals surface area contributed by atoms with Crippen LogP contribution in [-0.2, 0) is 4.79 Å². The monoisotopic (exact) mass is 286 g/mol. The van der Waals surface area contributed by atoms with Gasteiger partial charge >= 0.3 is 0 Å². The minimum Gasteiger partial charge on any atom is -0.347 e. The van der Waals surface area contributed by atoms with Crippen LogP contribution < -0.4 is 0 Å². The summed E-state index contributed by atoms with van der Waals surface area (Å²) in [5.74, 6) is -0.104. The molecule has 0 saturated carbocycles. The van der Waals surface area contributed by atoms with Gasteiger partial charge in [0.15, 0.2) is 0 Å². The van der Waals surface area contributed by atoms with E-state index in [2.05, 4.69) is 10.2 Å². The van der Waals surface area contributed by atoms with Crippen molar-refractivity contribution in [3.05, 3.63) is 30.0 Å². The molecule has 0 bridgehead atoms. The summed E-state index contributed by atoms with van der Waals surface area (Å²) in [6.45, 7) is 0.629. The summed E-state index contributed by atoms with van der Waals surface area (Å²) < 4.78 is 0. The van der Waals surface area contributed by atoms with Crippen LogP contribution in [0.3, 0.4) is 0 Å². The van der Waals surface area contributed by atoms with Gasteiger partial charge in [-0.3, -0.25) is 14.7 Å². The Morgan fingerprint density at radius 2 is 2.19 bits per heavy atom. The summed E-state index contributed by atoms with van der Waals surface area (Å²) in [5.41, 5.74) is 1.42. The third kappa shape index (κ3) is 2.37. The summed E-state index contributed by atoms with van der Waals surface area (Å²) in [6.07, 6.45) is 3.31. The van der Waals surface area contributed by atoms with Gasteiger partial charge in [-0.15, -0.1) is 0 Å². The highest BCUT2D eigenvalue weighted by Gasteiger charge is 2.35. The zero-order valence-corrected chi connectivity index (χ0v) is 12.2. The number of aromatic amines is 1. The van der Waals surface area contributed by atoms with E-state index in [1.54, 1.807) is 42.2 Å². The van der Waals surface area contributed by atoms with Crippen molar-refractivity contribution < 1.29 is 9.59 Å². The largest absolute Gasteiger partial charge is 0.347 e. The maximum Gasteiger partial charge on any atom is 0.254 e. The van der Waals surface area contributed by atoms with Gasteiger partial charge in [-0.05, 0) is 25.0 Å². The van der Waals surface area contributed by atoms with Gasteiger partial charge in [0.05, 0.1) is 11.7 Å². The van der Waals surface area contributed by atoms with Gasteiger partial charge in [0.2, 0.25) is 5.91 Å². The highest BCUT2D eigenvalue weighted by Crippen LogP contribution is 2.22. The molecule has 1 aromatic heterocycles. The van der Waals surface area contributed by atoms with E-state index in [4.69, 9.17) is 0 Å². The normalized spacial score (nSPS) is 18.2. The Morgan fingerprint density at radius 3 is 2.95 bits per heavy atom. The number of amides is 2. The quantitative estimate of drug-likeness (QED) is 0.903. The van der Waals surface area contributed by atoms with Crippen molar-refractivity contribution in [2.24, 2.45) is 0 Å². The van der Waals surface area contributed by atoms with E-state index in [0.717, 1.165) is 23.7 Å². The van der Waals surface area contributed by atoms with Gasteiger partial charge in [-0.25, -0.2) is 0 Å². The molecule has 2 aromatic rings. The number of rotatable bonds is 2. The molecule has 1 fully saturated rings. The molecule has 0 aliphatic carbocycles. The number of aromatic nitrogens is 2. The number of hydrogen-bond acceptors (Lipinski definition) is 3. The number of H-pyrrole nitrogens is 1. The van der Waals surface area contributed by atoms with Crippen molar-refractivity contribution in [1.29, 1.82) is 0 Å². The van der Waals surface area contributed by atoms with E-state index < -0.39 is 0 Å². The Kier molecular flexibility index (Phi) is 3.37. The van der Waals surface area contributed by atoms with Gasteiger partial charge in [-0.2, -0.15) is 5.10 Å². The molecule has 1 aliphatic heterocycles. The van der Waals surface area contributed by atoms with Gasteiger partial charge in [-0.1, -0.05) is 6.07 Å². The van der Waals surface area contributed by atoms with Crippen LogP contribution in [0.5, 0.6) is 0 Å². The molecule has 1 unspecified atom stereocenters. The Labute approximate surface area is 122 Å². The average molecular weight is 286 g/mol. The van der Waals surface area contributed by atoms with Crippen LogP contribution in [0, 0.1) is 0 Å². The minimum absolute atomic E-state index is 0.0107. The predicted molar refractivity (Wildman–Crippen MR) is 78.8 cm³/mol. The lowest BCUT2D eigenvalue weighted by Gasteiger charge is -2.26. The zero-order valence-electron chi connectivity index (χ0n) is 12.2. The SMILES string of the molecule is CN(C)C(=O)C1CCCN1C(=O)c1ccc2cn[nH]c2c1. The number of fused-ring (bicyclic) bond motifs is 1. The second-order valence-corrected chi connectivity index (χ2v) is 5.56. The number of likely N-dealkylation sites (tertiary alicyclic amines) is 1. The first kappa shape index (κ1) is 13.6. The smallest absolute Gasteiger partial charge is 0.254 e. The third-order valence-corrected chi connectivity index (χ3v) is 3.93. The summed E-state index contributed by atoms with van der Waals surface area (Å²) in [6, 6.07) is 5.10. The van der Waals surface area contributed by atoms with Gasteiger partial charge in [0.1, 0.15) is 6.04 Å². The maximum atomic E-state index is 12.7. The molecule has 110 valence electrons. The molecule has 0 radical (unpaired) electrons. The Bertz CT molecular complexity index is 692. The van der Waals surface area contributed by atoms with Crippen molar-refractivity contribution in [3.63, 3.8) is 0 Å². The zero-order chi connectivity index (χ0) is 15.0. The van der Waals surface area contributed by atoms with E-state index >= 15 is 0 Å². The second kappa shape index (κ2) is 5.20. The Hall–Kier alpha value is -2.37. The number of nitrogens with one attached hydrogen (secondary N) is 1. The first-order valence-corrected chi connectivity index (χ1v) is 7.03. The molecule has 21 heavy (non-hydrogen) atoms. The molecule has 2 heterocycles. The van der Waals surface area contributed by atoms with E-state index in [1.807, 2.05) is 6.07 Å². The fourth-order valence-corrected chi connectivity index (χ4v) is 2.80. The number of hydrogen-bond donors (Lipinski definition) is 1. The highest BCUT2D eigenvalue weighted by molar-refractivity contribution is 6.00. The maximum absolute atomic E-state index is 12.7. The van der Waals surface area contributed by atoms with Crippen LogP contribution >= 0.6 is 0 Å². The van der Waals surface area contributed by atoms with Crippen LogP contribution in [0.1, 0.15) is 23.2 Å². The molecule has 6 nitrogen and oxygen atoms in total. The van der Waals surface area contributed by atoms with Crippen molar-refractivity contribution in [1.82, 2.24) is 20.0 Å². The first-order chi connectivity index (χ1) is 10.1. The van der Waals surface area contributed by atoms with E-state index in [9.17, 15) is 9.59 Å². The number of likely N-dealkylation sites (N-methyl/N-ethyl adjacent to an activating group) is 1. The second-order valence-electron chi connectivity index (χ2n) is 5.56. The number of benzene rings is 1. The van der Waals surface area contributed by atoms with Crippen molar-refractivity contribution in [2.75, 3.05) is 20.6 Å². The Morgan fingerprint density at radius 1 is 1.38 bits per heavy atom. The highest BCUT2D eigenvalue weighted by atomic mass is 16.2. The molecular formula is C15H18N4O2. The van der Waals surface area contributed by atoms with Crippen molar-refractivity contribution in [3.8, 4) is 0 Å². The molecule has 3 rings (SSSR count). The number of carbonyl (C=O) groups is 2. The fourth-order valence-electron chi connectivity index (χ4n) is 2.80. The molecule has 0 spiro atoms. The van der Waals surface area contributed by atoms with E-state index in [1.165, 1.54) is 0 Å². The topological polar surface area (TPSA) is 69.3 Å². The Balaban J connectivity index is 1.88. The lowest BCUT2D eigenvalue weighted by atomic mass is 10.1. The van der Waals surface area contributed by atoms with Gasteiger partial charge in [0, 0.05) is 31.6 Å². The van der Waals surface area contributed by atoms with Crippen LogP contribution in [0.25, 0.3) is 10.9 Å². The van der Waals surface area contributed by atoms with Gasteiger partial charge < -0.3 is 9.80 Å². The summed E-state index contributed by atoms with van der Waals surface area (Å²) in [5, 5.41) is 7.78. The van der Waals surface area contributed by atoms with Crippen molar-refractivity contribution >= 4 is 22.7 Å².